The summed E-state index contributed by atoms with van der Waals surface area (Å²) in [5.41, 5.74) is -6.47. The molecule has 8 fully saturated rings. The number of carbonyl (C=O) groups is 2. The summed E-state index contributed by atoms with van der Waals surface area (Å²) in [6.45, 7) is 9.11. The highest BCUT2D eigenvalue weighted by Gasteiger charge is 2.81. The number of rotatable bonds is 19. The highest BCUT2D eigenvalue weighted by atomic mass is 16.8. The number of ether oxygens (including phenoxy) is 14. The Labute approximate surface area is 518 Å². The van der Waals surface area contributed by atoms with Gasteiger partial charge in [0.1, 0.15) is 90.1 Å². The molecule has 30 atom stereocenters. The Kier molecular flexibility index (Phi) is 21.1. The third kappa shape index (κ3) is 12.6. The molecule has 5 aliphatic heterocycles. The van der Waals surface area contributed by atoms with Crippen LogP contribution in [0.3, 0.4) is 0 Å². The topological polar surface area (TPSA) is 366 Å². The summed E-state index contributed by atoms with van der Waals surface area (Å²) in [4.78, 5) is 27.0. The van der Waals surface area contributed by atoms with Crippen molar-refractivity contribution < 1.29 is 127 Å². The maximum atomic E-state index is 13.7. The Bertz CT molecular complexity index is 2630. The fourth-order valence-electron chi connectivity index (χ4n) is 16.2. The van der Waals surface area contributed by atoms with Crippen molar-refractivity contribution in [3.63, 3.8) is 0 Å². The van der Waals surface area contributed by atoms with Gasteiger partial charge in [-0.05, 0) is 96.6 Å². The number of benzene rings is 1. The van der Waals surface area contributed by atoms with Gasteiger partial charge in [-0.25, -0.2) is 4.79 Å². The van der Waals surface area contributed by atoms with Gasteiger partial charge in [-0.2, -0.15) is 0 Å². The number of aliphatic hydroxyl groups is 10. The Morgan fingerprint density at radius 1 is 0.640 bits per heavy atom. The molecule has 5 heterocycles. The van der Waals surface area contributed by atoms with Crippen molar-refractivity contribution in [3.8, 4) is 0 Å². The number of fused-ring (bicyclic) bond motifs is 5. The molecular weight excluding hydrogens is 1170 g/mol. The van der Waals surface area contributed by atoms with Crippen LogP contribution < -0.4 is 0 Å². The van der Waals surface area contributed by atoms with Gasteiger partial charge in [0.05, 0.1) is 61.4 Å². The first-order valence-corrected chi connectivity index (χ1v) is 31.3. The normalized spacial score (nSPS) is 49.3. The number of ketones is 1. The van der Waals surface area contributed by atoms with Gasteiger partial charge < -0.3 is 117 Å². The van der Waals surface area contributed by atoms with Crippen molar-refractivity contribution in [1.82, 2.24) is 0 Å². The van der Waals surface area contributed by atoms with Crippen molar-refractivity contribution in [3.05, 3.63) is 53.6 Å². The molecule has 3 saturated carbocycles. The van der Waals surface area contributed by atoms with E-state index in [-0.39, 0.29) is 44.6 Å². The summed E-state index contributed by atoms with van der Waals surface area (Å²) in [6.07, 6.45) is -18.2. The predicted octanol–water partition coefficient (Wildman–Crippen LogP) is 0.349. The summed E-state index contributed by atoms with van der Waals surface area (Å²) >= 11 is 0. The van der Waals surface area contributed by atoms with E-state index in [9.17, 15) is 60.7 Å². The first-order valence-electron chi connectivity index (χ1n) is 31.3. The number of Topliss-reactive ketones (excluding diaryl/α,β-unsaturated/α-hetero) is 1. The lowest BCUT2D eigenvalue weighted by Crippen LogP contribution is -2.78. The van der Waals surface area contributed by atoms with E-state index >= 15 is 0 Å². The van der Waals surface area contributed by atoms with Crippen LogP contribution in [0.2, 0.25) is 0 Å². The molecule has 10 rings (SSSR count). The summed E-state index contributed by atoms with van der Waals surface area (Å²) < 4.78 is 86.6. The van der Waals surface area contributed by atoms with Crippen LogP contribution in [0.25, 0.3) is 6.08 Å². The molecule has 9 aliphatic rings. The van der Waals surface area contributed by atoms with Crippen LogP contribution in [0.4, 0.5) is 0 Å². The second-order valence-electron chi connectivity index (χ2n) is 26.4. The van der Waals surface area contributed by atoms with Gasteiger partial charge in [0.25, 0.3) is 0 Å². The lowest BCUT2D eigenvalue weighted by Gasteiger charge is -2.67. The third-order valence-corrected chi connectivity index (χ3v) is 21.6. The molecule has 0 amide bonds. The second-order valence-corrected chi connectivity index (χ2v) is 26.4. The molecule has 5 saturated heterocycles. The van der Waals surface area contributed by atoms with Crippen molar-refractivity contribution >= 4 is 17.8 Å². The largest absolute Gasteiger partial charge is 0.458 e. The van der Waals surface area contributed by atoms with Gasteiger partial charge in [-0.3, -0.25) is 4.79 Å². The Morgan fingerprint density at radius 3 is 1.72 bits per heavy atom. The van der Waals surface area contributed by atoms with E-state index in [2.05, 4.69) is 6.92 Å². The predicted molar refractivity (Wildman–Crippen MR) is 306 cm³/mol. The van der Waals surface area contributed by atoms with E-state index < -0.39 is 200 Å². The minimum atomic E-state index is -2.07. The number of methoxy groups -OCH3 is 3. The highest BCUT2D eigenvalue weighted by molar-refractivity contribution is 5.89. The standard InChI is InChI=1S/C63H94O26/c1-30-54(87-46-25-38(77-8)55(31(2)81-46)88-47-26-39(78-9)56(32(3)82-47)89-58-53(72)51(70)49(68)41(85-58)29-79-57-52(71)50(69)48(67)40(28-64)84-57)37(76-7)24-45(80-30)83-36-18-19-59(5)35(23-36)17-20-62(74)42(59)27-43(86-44(66)16-15-34-13-11-10-12-14-34)60(6)61(73,33(4)65)21-22-63(60,62)75/h10-17,30-32,36-43,45-58,64,67-75H,18-29H2,1-9H3/b16-15+/t30-,31-,32-,36+,37+,38+,39-,40-,41-,42-,43-,45+,46+,47+,48-,49-,50+,51+,52-,53-,54-,55-,56-,57-,58+,59+,60-,61+,62+,63-/m1/s1. The zero-order valence-corrected chi connectivity index (χ0v) is 52.0. The molecule has 502 valence electrons. The molecule has 89 heavy (non-hydrogen) atoms. The molecule has 1 aromatic rings. The molecule has 0 aromatic heterocycles. The average Bonchev–Trinajstić information content (AvgIpc) is 1.60. The minimum absolute atomic E-state index is 0.0511. The minimum Gasteiger partial charge on any atom is -0.458 e. The van der Waals surface area contributed by atoms with Gasteiger partial charge in [0, 0.05) is 52.6 Å². The van der Waals surface area contributed by atoms with Crippen LogP contribution in [0, 0.1) is 16.7 Å². The van der Waals surface area contributed by atoms with Gasteiger partial charge >= 0.3 is 5.97 Å². The number of aliphatic hydroxyl groups excluding tert-OH is 7. The van der Waals surface area contributed by atoms with Crippen LogP contribution >= 0.6 is 0 Å². The average molecular weight is 1270 g/mol. The molecule has 0 spiro atoms. The van der Waals surface area contributed by atoms with Crippen LogP contribution in [0.1, 0.15) is 111 Å². The van der Waals surface area contributed by atoms with Gasteiger partial charge in [0.15, 0.2) is 37.2 Å². The summed E-state index contributed by atoms with van der Waals surface area (Å²) in [5.74, 6) is -1.89. The van der Waals surface area contributed by atoms with E-state index in [4.69, 9.17) is 66.3 Å². The molecular formula is C63H94O26. The fraction of sp³-hybridized carbons (Fsp3) is 0.810. The fourth-order valence-corrected chi connectivity index (χ4v) is 16.2. The van der Waals surface area contributed by atoms with E-state index in [0.29, 0.717) is 25.7 Å². The smallest absolute Gasteiger partial charge is 0.331 e. The van der Waals surface area contributed by atoms with E-state index in [1.54, 1.807) is 34.1 Å². The summed E-state index contributed by atoms with van der Waals surface area (Å²) in [5, 5.41) is 111. The van der Waals surface area contributed by atoms with Crippen molar-refractivity contribution in [2.24, 2.45) is 16.7 Å². The maximum Gasteiger partial charge on any atom is 0.331 e. The molecule has 0 radical (unpaired) electrons. The monoisotopic (exact) mass is 1270 g/mol. The van der Waals surface area contributed by atoms with Crippen molar-refractivity contribution in [2.75, 3.05) is 34.5 Å². The zero-order valence-electron chi connectivity index (χ0n) is 52.0. The Morgan fingerprint density at radius 2 is 1.17 bits per heavy atom. The number of hydrogen-bond acceptors (Lipinski definition) is 26. The van der Waals surface area contributed by atoms with Crippen LogP contribution in [-0.2, 0) is 75.9 Å². The SMILES string of the molecule is CO[C@H]1C[C@H](O[C@H]2CC[C@@]3(C)C(=CC[C@]4(O)[C@@H]3C[C@@H](OC(=O)/C=C/c3ccccc3)[C@@]3(C)[C@]4(O)CC[C@]3(O)C(C)=O)C2)O[C@H](C)[C@H]1O[C@H]1C[C@H](OC)[C@H](O[C@H]2C[C@@H](OC)[C@H](O[C@@H]3O[C@H](CO[C@@H]4O[C@H](CO)[C@@H](O)[C@H](O)[C@H]4O)[C@@H](O)[C@H](O)[C@H]3O)[C@@H](C)O2)[C@@H](C)O1. The quantitative estimate of drug-likeness (QED) is 0.0507. The van der Waals surface area contributed by atoms with E-state index in [1.807, 2.05) is 50.3 Å². The molecule has 4 aliphatic carbocycles. The molecule has 10 N–H and O–H groups in total. The summed E-state index contributed by atoms with van der Waals surface area (Å²) in [6, 6.07) is 9.23. The maximum absolute atomic E-state index is 13.7. The van der Waals surface area contributed by atoms with Gasteiger partial charge in [-0.15, -0.1) is 0 Å². The first kappa shape index (κ1) is 68.8. The molecule has 26 nitrogen and oxygen atoms in total. The Balaban J connectivity index is 0.727. The lowest BCUT2D eigenvalue weighted by molar-refractivity contribution is -0.362. The molecule has 0 bridgehead atoms. The first-order chi connectivity index (χ1) is 42.2. The number of esters is 1. The van der Waals surface area contributed by atoms with Gasteiger partial charge in [-0.1, -0.05) is 48.9 Å². The lowest BCUT2D eigenvalue weighted by atomic mass is 9.42. The molecule has 0 unspecified atom stereocenters. The molecule has 26 heteroatoms. The molecule has 1 aromatic carbocycles. The van der Waals surface area contributed by atoms with Crippen LogP contribution in [0.5, 0.6) is 0 Å². The number of carbonyl (C=O) groups excluding carboxylic acids is 2. The zero-order chi connectivity index (χ0) is 64.3. The summed E-state index contributed by atoms with van der Waals surface area (Å²) in [7, 11) is 4.63. The van der Waals surface area contributed by atoms with Crippen molar-refractivity contribution in [1.29, 1.82) is 0 Å². The third-order valence-electron chi connectivity index (χ3n) is 21.6. The van der Waals surface area contributed by atoms with E-state index in [1.165, 1.54) is 20.1 Å². The van der Waals surface area contributed by atoms with Crippen LogP contribution in [0.15, 0.2) is 48.1 Å². The van der Waals surface area contributed by atoms with E-state index in [0.717, 1.165) is 11.1 Å². The van der Waals surface area contributed by atoms with Crippen molar-refractivity contribution in [2.45, 2.75) is 270 Å². The highest BCUT2D eigenvalue weighted by Crippen LogP contribution is 2.71. The number of hydrogen-bond donors (Lipinski definition) is 10. The Hall–Kier alpha value is -3.08. The second kappa shape index (κ2) is 27.3. The van der Waals surface area contributed by atoms with Crippen LogP contribution in [-0.4, -0.2) is 262 Å². The van der Waals surface area contributed by atoms with Gasteiger partial charge in [0.2, 0.25) is 0 Å².